The van der Waals surface area contributed by atoms with Crippen molar-refractivity contribution >= 4 is 27.5 Å². The van der Waals surface area contributed by atoms with Crippen molar-refractivity contribution in [3.8, 4) is 0 Å². The van der Waals surface area contributed by atoms with E-state index in [9.17, 15) is 13.2 Å². The fourth-order valence-corrected chi connectivity index (χ4v) is 2.97. The highest BCUT2D eigenvalue weighted by Gasteiger charge is 2.17. The molecule has 1 amide bonds. The van der Waals surface area contributed by atoms with E-state index in [0.29, 0.717) is 0 Å². The van der Waals surface area contributed by atoms with Gasteiger partial charge < -0.3 is 16.2 Å². The van der Waals surface area contributed by atoms with Crippen LogP contribution >= 0.6 is 11.6 Å². The lowest BCUT2D eigenvalue weighted by molar-refractivity contribution is -0.122. The molecule has 112 valence electrons. The van der Waals surface area contributed by atoms with Gasteiger partial charge in [0.2, 0.25) is 15.9 Å². The maximum atomic E-state index is 12.0. The highest BCUT2D eigenvalue weighted by molar-refractivity contribution is 7.89. The Kier molecular flexibility index (Phi) is 6.37. The number of sulfonamides is 1. The highest BCUT2D eigenvalue weighted by Crippen LogP contribution is 2.22. The van der Waals surface area contributed by atoms with E-state index in [1.165, 1.54) is 12.1 Å². The first kappa shape index (κ1) is 16.9. The van der Waals surface area contributed by atoms with Gasteiger partial charge in [0.1, 0.15) is 11.5 Å². The SMILES string of the molecule is NCc1ccc(S(=O)(=O)NCCOCC(N)=O)c(Cl)c1. The molecule has 0 saturated heterocycles. The van der Waals surface area contributed by atoms with Gasteiger partial charge in [0.05, 0.1) is 11.6 Å². The monoisotopic (exact) mass is 321 g/mol. The summed E-state index contributed by atoms with van der Waals surface area (Å²) in [5.74, 6) is -0.617. The van der Waals surface area contributed by atoms with Crippen LogP contribution < -0.4 is 16.2 Å². The summed E-state index contributed by atoms with van der Waals surface area (Å²) >= 11 is 5.91. The van der Waals surface area contributed by atoms with Crippen molar-refractivity contribution in [2.75, 3.05) is 19.8 Å². The molecule has 0 unspecified atom stereocenters. The largest absolute Gasteiger partial charge is 0.370 e. The first-order valence-electron chi connectivity index (χ1n) is 5.71. The van der Waals surface area contributed by atoms with Crippen molar-refractivity contribution in [1.82, 2.24) is 4.72 Å². The summed E-state index contributed by atoms with van der Waals surface area (Å²) in [6.45, 7) is 0.0490. The second kappa shape index (κ2) is 7.55. The van der Waals surface area contributed by atoms with E-state index in [4.69, 9.17) is 27.8 Å². The molecule has 0 spiro atoms. The van der Waals surface area contributed by atoms with Crippen molar-refractivity contribution < 1.29 is 17.9 Å². The average molecular weight is 322 g/mol. The molecule has 7 nitrogen and oxygen atoms in total. The van der Waals surface area contributed by atoms with Crippen LogP contribution in [0.1, 0.15) is 5.56 Å². The molecule has 1 aromatic carbocycles. The van der Waals surface area contributed by atoms with Crippen LogP contribution in [-0.4, -0.2) is 34.1 Å². The third kappa shape index (κ3) is 5.06. The van der Waals surface area contributed by atoms with Crippen LogP contribution in [0.3, 0.4) is 0 Å². The molecule has 1 rings (SSSR count). The Labute approximate surface area is 122 Å². The van der Waals surface area contributed by atoms with Crippen molar-refractivity contribution in [3.05, 3.63) is 28.8 Å². The van der Waals surface area contributed by atoms with Gasteiger partial charge in [0, 0.05) is 13.1 Å². The van der Waals surface area contributed by atoms with Gasteiger partial charge in [-0.25, -0.2) is 13.1 Å². The van der Waals surface area contributed by atoms with Crippen LogP contribution in [0.5, 0.6) is 0 Å². The smallest absolute Gasteiger partial charge is 0.243 e. The first-order chi connectivity index (χ1) is 9.36. The zero-order valence-corrected chi connectivity index (χ0v) is 12.2. The number of hydrogen-bond donors (Lipinski definition) is 3. The molecule has 0 atom stereocenters. The van der Waals surface area contributed by atoms with Gasteiger partial charge >= 0.3 is 0 Å². The van der Waals surface area contributed by atoms with E-state index < -0.39 is 15.9 Å². The Morgan fingerprint density at radius 2 is 2.10 bits per heavy atom. The van der Waals surface area contributed by atoms with Crippen molar-refractivity contribution in [2.24, 2.45) is 11.5 Å². The molecule has 0 radical (unpaired) electrons. The van der Waals surface area contributed by atoms with Crippen LogP contribution in [0.4, 0.5) is 0 Å². The summed E-state index contributed by atoms with van der Waals surface area (Å²) in [6.07, 6.45) is 0. The van der Waals surface area contributed by atoms with Gasteiger partial charge in [-0.2, -0.15) is 0 Å². The summed E-state index contributed by atoms with van der Waals surface area (Å²) < 4.78 is 31.1. The molecule has 20 heavy (non-hydrogen) atoms. The summed E-state index contributed by atoms with van der Waals surface area (Å²) in [4.78, 5) is 10.4. The topological polar surface area (TPSA) is 125 Å². The number of ether oxygens (including phenoxy) is 1. The van der Waals surface area contributed by atoms with E-state index in [1.807, 2.05) is 0 Å². The van der Waals surface area contributed by atoms with Crippen molar-refractivity contribution in [3.63, 3.8) is 0 Å². The Morgan fingerprint density at radius 3 is 2.65 bits per heavy atom. The summed E-state index contributed by atoms with van der Waals surface area (Å²) in [5.41, 5.74) is 11.0. The zero-order valence-electron chi connectivity index (χ0n) is 10.6. The average Bonchev–Trinajstić information content (AvgIpc) is 2.37. The van der Waals surface area contributed by atoms with Crippen molar-refractivity contribution in [2.45, 2.75) is 11.4 Å². The fraction of sp³-hybridized carbons (Fsp3) is 0.364. The van der Waals surface area contributed by atoms with Gasteiger partial charge in [-0.3, -0.25) is 4.79 Å². The summed E-state index contributed by atoms with van der Waals surface area (Å²) in [5, 5.41) is 0.0958. The van der Waals surface area contributed by atoms with E-state index in [2.05, 4.69) is 4.72 Å². The number of hydrogen-bond acceptors (Lipinski definition) is 5. The minimum absolute atomic E-state index is 0.00455. The molecule has 1 aromatic rings. The molecule has 9 heteroatoms. The molecule has 0 fully saturated rings. The van der Waals surface area contributed by atoms with Gasteiger partial charge in [-0.1, -0.05) is 17.7 Å². The molecule has 0 aliphatic heterocycles. The number of halogens is 1. The lowest BCUT2D eigenvalue weighted by Crippen LogP contribution is -2.29. The zero-order chi connectivity index (χ0) is 15.2. The van der Waals surface area contributed by atoms with E-state index in [1.54, 1.807) is 6.07 Å². The number of nitrogens with two attached hydrogens (primary N) is 2. The fourth-order valence-electron chi connectivity index (χ4n) is 1.39. The standard InChI is InChI=1S/C11H16ClN3O4S/c12-9-5-8(6-13)1-2-10(9)20(17,18)15-3-4-19-7-11(14)16/h1-2,5,15H,3-4,6-7,13H2,(H2,14,16). The number of primary amides is 1. The Balaban J connectivity index is 2.62. The predicted octanol–water partition coefficient (Wildman–Crippen LogP) is -0.421. The normalized spacial score (nSPS) is 11.5. The van der Waals surface area contributed by atoms with E-state index in [-0.39, 0.29) is 36.2 Å². The lowest BCUT2D eigenvalue weighted by atomic mass is 10.2. The van der Waals surface area contributed by atoms with Gasteiger partial charge in [0.25, 0.3) is 0 Å². The molecular formula is C11H16ClN3O4S. The molecular weight excluding hydrogens is 306 g/mol. The van der Waals surface area contributed by atoms with Crippen molar-refractivity contribution in [1.29, 1.82) is 0 Å². The molecule has 0 aromatic heterocycles. The molecule has 0 aliphatic carbocycles. The highest BCUT2D eigenvalue weighted by atomic mass is 35.5. The third-order valence-electron chi connectivity index (χ3n) is 2.30. The maximum absolute atomic E-state index is 12.0. The van der Waals surface area contributed by atoms with E-state index in [0.717, 1.165) is 5.56 Å². The van der Waals surface area contributed by atoms with Crippen LogP contribution in [0.15, 0.2) is 23.1 Å². The first-order valence-corrected chi connectivity index (χ1v) is 7.57. The third-order valence-corrected chi connectivity index (χ3v) is 4.25. The second-order valence-electron chi connectivity index (χ2n) is 3.89. The van der Waals surface area contributed by atoms with Gasteiger partial charge in [-0.15, -0.1) is 0 Å². The Bertz CT molecular complexity index is 577. The Morgan fingerprint density at radius 1 is 1.40 bits per heavy atom. The number of rotatable bonds is 8. The minimum atomic E-state index is -3.74. The predicted molar refractivity (Wildman–Crippen MR) is 74.5 cm³/mol. The Hall–Kier alpha value is -1.19. The number of amides is 1. The van der Waals surface area contributed by atoms with Crippen LogP contribution in [0.25, 0.3) is 0 Å². The number of benzene rings is 1. The van der Waals surface area contributed by atoms with Crippen LogP contribution in [0.2, 0.25) is 5.02 Å². The summed E-state index contributed by atoms with van der Waals surface area (Å²) in [6, 6.07) is 4.47. The molecule has 5 N–H and O–H groups in total. The molecule has 0 aliphatic rings. The lowest BCUT2D eigenvalue weighted by Gasteiger charge is -2.09. The van der Waals surface area contributed by atoms with Gasteiger partial charge in [-0.05, 0) is 17.7 Å². The maximum Gasteiger partial charge on any atom is 0.243 e. The number of carbonyl (C=O) groups is 1. The van der Waals surface area contributed by atoms with Crippen LogP contribution in [0, 0.1) is 0 Å². The van der Waals surface area contributed by atoms with Gasteiger partial charge in [0.15, 0.2) is 0 Å². The quantitative estimate of drug-likeness (QED) is 0.561. The number of nitrogens with one attached hydrogen (secondary N) is 1. The summed E-state index contributed by atoms with van der Waals surface area (Å²) in [7, 11) is -3.74. The van der Waals surface area contributed by atoms with E-state index >= 15 is 0 Å². The second-order valence-corrected chi connectivity index (χ2v) is 6.03. The van der Waals surface area contributed by atoms with Crippen LogP contribution in [-0.2, 0) is 26.1 Å². The molecule has 0 saturated carbocycles. The molecule has 0 bridgehead atoms. The number of carbonyl (C=O) groups excluding carboxylic acids is 1. The minimum Gasteiger partial charge on any atom is -0.370 e. The molecule has 0 heterocycles.